The molecule has 0 aromatic rings. The molecule has 0 fully saturated rings. The van der Waals surface area contributed by atoms with Gasteiger partial charge in [0.05, 0.1) is 0 Å². The molecule has 0 aromatic carbocycles. The lowest BCUT2D eigenvalue weighted by molar-refractivity contribution is -0.167. The van der Waals surface area contributed by atoms with E-state index in [0.29, 0.717) is 19.3 Å². The standard InChI is InChI=1S/C47H90O6/c1-5-7-9-11-13-15-17-19-21-23-25-30-34-38-45(48)51-41-44(42-52-46(49)39-35-31-28-27-29-33-37-43(3)4)53-47(50)40-36-32-26-24-22-20-18-16-14-12-10-8-6-2/h43-44H,5-42H2,1-4H3/t44-/m0/s1. The average Bonchev–Trinajstić information content (AvgIpc) is 3.14. The third-order valence-corrected chi connectivity index (χ3v) is 10.5. The number of carbonyl (C=O) groups excluding carboxylic acids is 3. The van der Waals surface area contributed by atoms with E-state index in [-0.39, 0.29) is 31.1 Å². The summed E-state index contributed by atoms with van der Waals surface area (Å²) in [7, 11) is 0. The second-order valence-electron chi connectivity index (χ2n) is 16.5. The Morgan fingerprint density at radius 3 is 0.925 bits per heavy atom. The van der Waals surface area contributed by atoms with Gasteiger partial charge < -0.3 is 14.2 Å². The minimum absolute atomic E-state index is 0.0642. The van der Waals surface area contributed by atoms with Gasteiger partial charge in [-0.1, -0.05) is 220 Å². The van der Waals surface area contributed by atoms with Crippen LogP contribution in [-0.4, -0.2) is 37.2 Å². The molecule has 0 saturated heterocycles. The molecule has 6 nitrogen and oxygen atoms in total. The highest BCUT2D eigenvalue weighted by Gasteiger charge is 2.19. The fourth-order valence-corrected chi connectivity index (χ4v) is 6.98. The molecule has 0 aliphatic rings. The van der Waals surface area contributed by atoms with Crippen LogP contribution in [0.3, 0.4) is 0 Å². The first-order valence-corrected chi connectivity index (χ1v) is 23.4. The van der Waals surface area contributed by atoms with Crippen molar-refractivity contribution < 1.29 is 28.6 Å². The summed E-state index contributed by atoms with van der Waals surface area (Å²) in [5.41, 5.74) is 0. The maximum absolute atomic E-state index is 12.7. The fraction of sp³-hybridized carbons (Fsp3) is 0.936. The van der Waals surface area contributed by atoms with Crippen molar-refractivity contribution in [1.82, 2.24) is 0 Å². The molecule has 0 bridgehead atoms. The summed E-state index contributed by atoms with van der Waals surface area (Å²) in [6.07, 6.45) is 40.9. The van der Waals surface area contributed by atoms with Crippen LogP contribution in [0.2, 0.25) is 0 Å². The Morgan fingerprint density at radius 2 is 0.623 bits per heavy atom. The van der Waals surface area contributed by atoms with Crippen LogP contribution in [0.15, 0.2) is 0 Å². The third-order valence-electron chi connectivity index (χ3n) is 10.5. The van der Waals surface area contributed by atoms with Gasteiger partial charge in [-0.3, -0.25) is 14.4 Å². The van der Waals surface area contributed by atoms with E-state index in [1.54, 1.807) is 0 Å². The van der Waals surface area contributed by atoms with E-state index in [4.69, 9.17) is 14.2 Å². The molecule has 53 heavy (non-hydrogen) atoms. The van der Waals surface area contributed by atoms with E-state index in [1.807, 2.05) is 0 Å². The van der Waals surface area contributed by atoms with Crippen LogP contribution < -0.4 is 0 Å². The lowest BCUT2D eigenvalue weighted by Crippen LogP contribution is -2.30. The Kier molecular flexibility index (Phi) is 40.3. The number of hydrogen-bond donors (Lipinski definition) is 0. The van der Waals surface area contributed by atoms with Crippen molar-refractivity contribution in [2.24, 2.45) is 5.92 Å². The van der Waals surface area contributed by atoms with Crippen molar-refractivity contribution in [3.8, 4) is 0 Å². The summed E-state index contributed by atoms with van der Waals surface area (Å²) in [6.45, 7) is 8.93. The second kappa shape index (κ2) is 41.6. The van der Waals surface area contributed by atoms with Crippen LogP contribution in [0.25, 0.3) is 0 Å². The van der Waals surface area contributed by atoms with Crippen molar-refractivity contribution in [2.45, 2.75) is 265 Å². The summed E-state index contributed by atoms with van der Waals surface area (Å²) in [6, 6.07) is 0. The molecule has 0 N–H and O–H groups in total. The summed E-state index contributed by atoms with van der Waals surface area (Å²) in [5, 5.41) is 0. The molecular formula is C47H90O6. The van der Waals surface area contributed by atoms with Crippen molar-refractivity contribution >= 4 is 17.9 Å². The van der Waals surface area contributed by atoms with Crippen LogP contribution >= 0.6 is 0 Å². The van der Waals surface area contributed by atoms with E-state index in [2.05, 4.69) is 27.7 Å². The van der Waals surface area contributed by atoms with E-state index in [0.717, 1.165) is 63.7 Å². The number of ether oxygens (including phenoxy) is 3. The second-order valence-corrected chi connectivity index (χ2v) is 16.5. The zero-order chi connectivity index (χ0) is 38.9. The topological polar surface area (TPSA) is 78.9 Å². The molecule has 0 spiro atoms. The van der Waals surface area contributed by atoms with Crippen LogP contribution in [0.1, 0.15) is 259 Å². The highest BCUT2D eigenvalue weighted by atomic mass is 16.6. The zero-order valence-electron chi connectivity index (χ0n) is 36.0. The van der Waals surface area contributed by atoms with E-state index >= 15 is 0 Å². The van der Waals surface area contributed by atoms with Gasteiger partial charge in [0.15, 0.2) is 6.10 Å². The van der Waals surface area contributed by atoms with Crippen molar-refractivity contribution in [3.05, 3.63) is 0 Å². The van der Waals surface area contributed by atoms with Crippen LogP contribution in [-0.2, 0) is 28.6 Å². The molecule has 0 saturated carbocycles. The van der Waals surface area contributed by atoms with Crippen LogP contribution in [0, 0.1) is 5.92 Å². The smallest absolute Gasteiger partial charge is 0.306 e. The highest BCUT2D eigenvalue weighted by Crippen LogP contribution is 2.16. The van der Waals surface area contributed by atoms with Gasteiger partial charge in [0, 0.05) is 19.3 Å². The largest absolute Gasteiger partial charge is 0.462 e. The van der Waals surface area contributed by atoms with Crippen molar-refractivity contribution in [1.29, 1.82) is 0 Å². The Labute approximate surface area is 329 Å². The van der Waals surface area contributed by atoms with Gasteiger partial charge in [0.2, 0.25) is 0 Å². The van der Waals surface area contributed by atoms with Gasteiger partial charge in [0.25, 0.3) is 0 Å². The first kappa shape index (κ1) is 51.4. The number of hydrogen-bond acceptors (Lipinski definition) is 6. The maximum atomic E-state index is 12.7. The van der Waals surface area contributed by atoms with Gasteiger partial charge in [-0.15, -0.1) is 0 Å². The molecule has 0 heterocycles. The van der Waals surface area contributed by atoms with Gasteiger partial charge >= 0.3 is 17.9 Å². The first-order chi connectivity index (χ1) is 25.9. The van der Waals surface area contributed by atoms with Gasteiger partial charge in [-0.25, -0.2) is 0 Å². The van der Waals surface area contributed by atoms with E-state index in [1.165, 1.54) is 154 Å². The Balaban J connectivity index is 4.31. The summed E-state index contributed by atoms with van der Waals surface area (Å²) >= 11 is 0. The monoisotopic (exact) mass is 751 g/mol. The normalized spacial score (nSPS) is 11.9. The van der Waals surface area contributed by atoms with E-state index < -0.39 is 6.10 Å². The summed E-state index contributed by atoms with van der Waals surface area (Å²) < 4.78 is 16.7. The molecule has 0 rings (SSSR count). The van der Waals surface area contributed by atoms with E-state index in [9.17, 15) is 14.4 Å². The number of unbranched alkanes of at least 4 members (excludes halogenated alkanes) is 29. The number of carbonyl (C=O) groups is 3. The van der Waals surface area contributed by atoms with Gasteiger partial charge in [-0.05, 0) is 25.2 Å². The zero-order valence-corrected chi connectivity index (χ0v) is 36.0. The average molecular weight is 751 g/mol. The summed E-state index contributed by atoms with van der Waals surface area (Å²) in [5.74, 6) is -0.0928. The van der Waals surface area contributed by atoms with Gasteiger partial charge in [-0.2, -0.15) is 0 Å². The molecule has 0 aromatic heterocycles. The van der Waals surface area contributed by atoms with Crippen LogP contribution in [0.5, 0.6) is 0 Å². The molecule has 0 radical (unpaired) electrons. The summed E-state index contributed by atoms with van der Waals surface area (Å²) in [4.78, 5) is 37.7. The molecule has 0 unspecified atom stereocenters. The van der Waals surface area contributed by atoms with Crippen molar-refractivity contribution in [2.75, 3.05) is 13.2 Å². The fourth-order valence-electron chi connectivity index (χ4n) is 6.98. The number of esters is 3. The molecule has 314 valence electrons. The number of rotatable bonds is 42. The molecule has 6 heteroatoms. The molecule has 1 atom stereocenters. The molecular weight excluding hydrogens is 661 g/mol. The lowest BCUT2D eigenvalue weighted by Gasteiger charge is -2.18. The maximum Gasteiger partial charge on any atom is 0.306 e. The Bertz CT molecular complexity index is 796. The third kappa shape index (κ3) is 41.4. The molecule has 0 amide bonds. The quantitative estimate of drug-likeness (QED) is 0.0351. The van der Waals surface area contributed by atoms with Gasteiger partial charge in [0.1, 0.15) is 13.2 Å². The van der Waals surface area contributed by atoms with Crippen LogP contribution in [0.4, 0.5) is 0 Å². The van der Waals surface area contributed by atoms with Crippen molar-refractivity contribution in [3.63, 3.8) is 0 Å². The highest BCUT2D eigenvalue weighted by molar-refractivity contribution is 5.71. The molecule has 0 aliphatic carbocycles. The lowest BCUT2D eigenvalue weighted by atomic mass is 10.0. The minimum atomic E-state index is -0.759. The predicted molar refractivity (Wildman–Crippen MR) is 224 cm³/mol. The predicted octanol–water partition coefficient (Wildman–Crippen LogP) is 14.7. The SMILES string of the molecule is CCCCCCCCCCCCCCCC(=O)OC[C@@H](COC(=O)CCCCCCCCC(C)C)OC(=O)CCCCCCCCCCCCCCC. The Morgan fingerprint density at radius 1 is 0.358 bits per heavy atom. The molecule has 0 aliphatic heterocycles. The minimum Gasteiger partial charge on any atom is -0.462 e. The Hall–Kier alpha value is -1.59. The first-order valence-electron chi connectivity index (χ1n) is 23.4.